The molecule has 68 valence electrons. The minimum Gasteiger partial charge on any atom is -0.259 e. The van der Waals surface area contributed by atoms with Crippen molar-refractivity contribution >= 4 is 14.7 Å². The van der Waals surface area contributed by atoms with Crippen molar-refractivity contribution in [1.29, 1.82) is 5.26 Å². The Hall–Kier alpha value is -1.79. The number of aromatic nitrogens is 4. The van der Waals surface area contributed by atoms with Crippen molar-refractivity contribution in [2.75, 3.05) is 0 Å². The van der Waals surface area contributed by atoms with Crippen LogP contribution in [-0.2, 0) is 0 Å². The second-order valence-corrected chi connectivity index (χ2v) is 3.08. The van der Waals surface area contributed by atoms with E-state index >= 15 is 0 Å². The van der Waals surface area contributed by atoms with Crippen LogP contribution in [0, 0.1) is 11.3 Å². The van der Waals surface area contributed by atoms with Gasteiger partial charge in [-0.15, -0.1) is 0 Å². The molecular weight excluding hydrogens is 197 g/mol. The molecule has 2 aromatic rings. The van der Waals surface area contributed by atoms with Crippen LogP contribution in [0.2, 0.25) is 0 Å². The molecule has 0 spiro atoms. The topological polar surface area (TPSA) is 67.4 Å². The highest BCUT2D eigenvalue weighted by molar-refractivity contribution is 7.27. The molecule has 1 unspecified atom stereocenters. The summed E-state index contributed by atoms with van der Waals surface area (Å²) in [5.74, 6) is 0.596. The van der Waals surface area contributed by atoms with Crippen LogP contribution in [0.1, 0.15) is 5.56 Å². The lowest BCUT2D eigenvalue weighted by molar-refractivity contribution is 0.859. The second-order valence-electron chi connectivity index (χ2n) is 2.53. The smallest absolute Gasteiger partial charge is 0.172 e. The first-order chi connectivity index (χ1) is 6.83. The molecule has 0 aliphatic heterocycles. The predicted molar refractivity (Wildman–Crippen MR) is 53.2 cm³/mol. The molecule has 2 aromatic heterocycles. The highest BCUT2D eigenvalue weighted by atomic mass is 31.0. The first kappa shape index (κ1) is 8.79. The number of rotatable bonds is 1. The van der Waals surface area contributed by atoms with Crippen LogP contribution >= 0.6 is 9.24 Å². The molecule has 0 aliphatic rings. The second kappa shape index (κ2) is 3.52. The van der Waals surface area contributed by atoms with Crippen molar-refractivity contribution in [1.82, 2.24) is 19.7 Å². The van der Waals surface area contributed by atoms with Gasteiger partial charge in [0.25, 0.3) is 0 Å². The van der Waals surface area contributed by atoms with Gasteiger partial charge < -0.3 is 0 Å². The lowest BCUT2D eigenvalue weighted by Crippen LogP contribution is -2.12. The number of nitriles is 1. The van der Waals surface area contributed by atoms with E-state index in [2.05, 4.69) is 24.3 Å². The van der Waals surface area contributed by atoms with E-state index in [1.54, 1.807) is 23.3 Å². The zero-order valence-corrected chi connectivity index (χ0v) is 8.28. The molecule has 0 N–H and O–H groups in total. The third-order valence-corrected chi connectivity index (χ3v) is 2.25. The first-order valence-corrected chi connectivity index (χ1v) is 4.40. The molecule has 5 nitrogen and oxygen atoms in total. The van der Waals surface area contributed by atoms with E-state index in [9.17, 15) is 0 Å². The molecule has 0 saturated heterocycles. The van der Waals surface area contributed by atoms with Gasteiger partial charge in [0.15, 0.2) is 5.82 Å². The van der Waals surface area contributed by atoms with Crippen LogP contribution in [0.15, 0.2) is 24.8 Å². The molecule has 2 rings (SSSR count). The summed E-state index contributed by atoms with van der Waals surface area (Å²) in [6.07, 6.45) is 6.24. The fraction of sp³-hybridized carbons (Fsp3) is 0. The van der Waals surface area contributed by atoms with Gasteiger partial charge in [-0.2, -0.15) is 10.4 Å². The summed E-state index contributed by atoms with van der Waals surface area (Å²) in [6, 6.07) is 2.03. The standard InChI is InChI=1S/C8H6N5P/c9-3-6-4-12-13(8(6)14)7-5-10-1-2-11-7/h1-2,4-5H,14H2. The monoisotopic (exact) mass is 203 g/mol. The Labute approximate surface area is 82.6 Å². The molecule has 14 heavy (non-hydrogen) atoms. The maximum atomic E-state index is 8.73. The van der Waals surface area contributed by atoms with E-state index in [1.807, 2.05) is 6.07 Å². The molecular formula is C8H6N5P. The minimum atomic E-state index is 0.514. The summed E-state index contributed by atoms with van der Waals surface area (Å²) < 4.78 is 1.55. The Morgan fingerprint density at radius 1 is 1.36 bits per heavy atom. The van der Waals surface area contributed by atoms with Crippen LogP contribution in [-0.4, -0.2) is 19.7 Å². The molecule has 6 heteroatoms. The fourth-order valence-electron chi connectivity index (χ4n) is 1.03. The van der Waals surface area contributed by atoms with Gasteiger partial charge in [0.2, 0.25) is 0 Å². The molecule has 2 heterocycles. The number of nitrogens with zero attached hydrogens (tertiary/aromatic N) is 5. The van der Waals surface area contributed by atoms with Gasteiger partial charge in [-0.3, -0.25) is 4.98 Å². The molecule has 0 saturated carbocycles. The normalized spacial score (nSPS) is 9.71. The molecule has 0 amide bonds. The third-order valence-electron chi connectivity index (χ3n) is 1.69. The van der Waals surface area contributed by atoms with E-state index in [0.717, 1.165) is 0 Å². The molecule has 0 aromatic carbocycles. The summed E-state index contributed by atoms with van der Waals surface area (Å²) >= 11 is 0. The van der Waals surface area contributed by atoms with Gasteiger partial charge in [0, 0.05) is 12.4 Å². The maximum Gasteiger partial charge on any atom is 0.172 e. The summed E-state index contributed by atoms with van der Waals surface area (Å²) in [6.45, 7) is 0. The van der Waals surface area contributed by atoms with Gasteiger partial charge in [-0.1, -0.05) is 9.24 Å². The van der Waals surface area contributed by atoms with Crippen LogP contribution in [0.25, 0.3) is 5.82 Å². The van der Waals surface area contributed by atoms with Gasteiger partial charge in [-0.25, -0.2) is 9.67 Å². The molecule has 0 aliphatic carbocycles. The average Bonchev–Trinajstić information content (AvgIpc) is 2.61. The van der Waals surface area contributed by atoms with Crippen molar-refractivity contribution < 1.29 is 0 Å². The van der Waals surface area contributed by atoms with Crippen molar-refractivity contribution in [3.63, 3.8) is 0 Å². The van der Waals surface area contributed by atoms with Crippen LogP contribution in [0.5, 0.6) is 0 Å². The van der Waals surface area contributed by atoms with Gasteiger partial charge in [0.05, 0.1) is 23.4 Å². The van der Waals surface area contributed by atoms with E-state index in [0.29, 0.717) is 16.8 Å². The number of hydrogen-bond donors (Lipinski definition) is 0. The highest BCUT2D eigenvalue weighted by Crippen LogP contribution is 2.03. The Morgan fingerprint density at radius 2 is 2.21 bits per heavy atom. The van der Waals surface area contributed by atoms with Crippen molar-refractivity contribution in [3.05, 3.63) is 30.4 Å². The SMILES string of the molecule is N#Cc1cnn(-c2cnccn2)c1P. The number of hydrogen-bond acceptors (Lipinski definition) is 4. The first-order valence-electron chi connectivity index (χ1n) is 3.83. The van der Waals surface area contributed by atoms with Crippen molar-refractivity contribution in [2.24, 2.45) is 0 Å². The summed E-state index contributed by atoms with van der Waals surface area (Å²) in [5.41, 5.74) is 1.20. The third kappa shape index (κ3) is 1.36. The van der Waals surface area contributed by atoms with E-state index in [-0.39, 0.29) is 0 Å². The summed E-state index contributed by atoms with van der Waals surface area (Å²) in [7, 11) is 2.46. The Bertz CT molecular complexity index is 484. The van der Waals surface area contributed by atoms with Crippen molar-refractivity contribution in [3.8, 4) is 11.9 Å². The predicted octanol–water partition coefficient (Wildman–Crippen LogP) is 0.0344. The van der Waals surface area contributed by atoms with Gasteiger partial charge in [0.1, 0.15) is 6.07 Å². The average molecular weight is 203 g/mol. The summed E-state index contributed by atoms with van der Waals surface area (Å²) in [5, 5.41) is 12.8. The minimum absolute atomic E-state index is 0.514. The fourth-order valence-corrected chi connectivity index (χ4v) is 1.37. The molecule has 1 atom stereocenters. The van der Waals surface area contributed by atoms with E-state index in [4.69, 9.17) is 5.26 Å². The van der Waals surface area contributed by atoms with Crippen LogP contribution in [0.4, 0.5) is 0 Å². The zero-order chi connectivity index (χ0) is 9.97. The Kier molecular flexibility index (Phi) is 2.21. The molecule has 0 fully saturated rings. The van der Waals surface area contributed by atoms with E-state index < -0.39 is 0 Å². The summed E-state index contributed by atoms with van der Waals surface area (Å²) in [4.78, 5) is 7.99. The molecule has 0 bridgehead atoms. The highest BCUT2D eigenvalue weighted by Gasteiger charge is 2.07. The van der Waals surface area contributed by atoms with E-state index in [1.165, 1.54) is 6.20 Å². The van der Waals surface area contributed by atoms with Crippen LogP contribution in [0.3, 0.4) is 0 Å². The van der Waals surface area contributed by atoms with Crippen LogP contribution < -0.4 is 5.44 Å². The quantitative estimate of drug-likeness (QED) is 0.613. The largest absolute Gasteiger partial charge is 0.259 e. The molecule has 0 radical (unpaired) electrons. The zero-order valence-electron chi connectivity index (χ0n) is 7.12. The van der Waals surface area contributed by atoms with Gasteiger partial charge in [-0.05, 0) is 0 Å². The lowest BCUT2D eigenvalue weighted by atomic mass is 10.4. The Balaban J connectivity index is 2.54. The van der Waals surface area contributed by atoms with Gasteiger partial charge >= 0.3 is 0 Å². The lowest BCUT2D eigenvalue weighted by Gasteiger charge is -2.00. The van der Waals surface area contributed by atoms with Crippen molar-refractivity contribution in [2.45, 2.75) is 0 Å². The maximum absolute atomic E-state index is 8.73. The Morgan fingerprint density at radius 3 is 2.79 bits per heavy atom.